The van der Waals surface area contributed by atoms with Gasteiger partial charge in [0.1, 0.15) is 6.07 Å². The molecule has 10 heteroatoms. The SMILES string of the molecule is COc1cc(-c2cc(-c3cnn(C)c3)cn3ncc(C#N)c23)cnc1N1CCN(C(C)=O)CC1. The van der Waals surface area contributed by atoms with E-state index in [0.717, 1.165) is 28.1 Å². The van der Waals surface area contributed by atoms with Gasteiger partial charge in [-0.2, -0.15) is 15.5 Å². The Bertz CT molecular complexity index is 1420. The van der Waals surface area contributed by atoms with E-state index in [-0.39, 0.29) is 5.91 Å². The number of anilines is 1. The van der Waals surface area contributed by atoms with Crippen LogP contribution in [-0.4, -0.2) is 68.5 Å². The Kier molecular flexibility index (Phi) is 5.37. The zero-order chi connectivity index (χ0) is 23.8. The molecule has 10 nitrogen and oxygen atoms in total. The van der Waals surface area contributed by atoms with Gasteiger partial charge in [0, 0.05) is 81.0 Å². The lowest BCUT2D eigenvalue weighted by molar-refractivity contribution is -0.129. The van der Waals surface area contributed by atoms with Crippen LogP contribution in [0, 0.1) is 11.3 Å². The molecule has 1 saturated heterocycles. The number of nitrogens with zero attached hydrogens (tertiary/aromatic N) is 8. The van der Waals surface area contributed by atoms with Gasteiger partial charge in [-0.25, -0.2) is 9.50 Å². The maximum absolute atomic E-state index is 11.7. The van der Waals surface area contributed by atoms with Gasteiger partial charge in [0.25, 0.3) is 0 Å². The first-order valence-electron chi connectivity index (χ1n) is 10.9. The van der Waals surface area contributed by atoms with Crippen molar-refractivity contribution >= 4 is 17.2 Å². The Morgan fingerprint density at radius 1 is 1.03 bits per heavy atom. The van der Waals surface area contributed by atoms with Gasteiger partial charge in [0.2, 0.25) is 5.91 Å². The highest BCUT2D eigenvalue weighted by atomic mass is 16.5. The molecule has 5 rings (SSSR count). The van der Waals surface area contributed by atoms with Crippen LogP contribution in [0.15, 0.2) is 43.1 Å². The lowest BCUT2D eigenvalue weighted by atomic mass is 10.0. The quantitative estimate of drug-likeness (QED) is 0.464. The number of hydrogen-bond donors (Lipinski definition) is 0. The van der Waals surface area contributed by atoms with Crippen molar-refractivity contribution in [3.8, 4) is 34.1 Å². The second-order valence-corrected chi connectivity index (χ2v) is 8.25. The molecule has 34 heavy (non-hydrogen) atoms. The molecule has 0 bridgehead atoms. The predicted octanol–water partition coefficient (Wildman–Crippen LogP) is 2.35. The Hall–Kier alpha value is -4.39. The molecular formula is C24H24N8O2. The summed E-state index contributed by atoms with van der Waals surface area (Å²) in [5.74, 6) is 1.46. The maximum atomic E-state index is 11.7. The lowest BCUT2D eigenvalue weighted by Gasteiger charge is -2.35. The van der Waals surface area contributed by atoms with Gasteiger partial charge in [-0.15, -0.1) is 0 Å². The van der Waals surface area contributed by atoms with Crippen molar-refractivity contribution in [1.82, 2.24) is 29.3 Å². The summed E-state index contributed by atoms with van der Waals surface area (Å²) in [6.07, 6.45) is 8.99. The molecule has 172 valence electrons. The Balaban J connectivity index is 1.59. The van der Waals surface area contributed by atoms with E-state index in [1.165, 1.54) is 0 Å². The monoisotopic (exact) mass is 456 g/mol. The molecule has 0 saturated carbocycles. The van der Waals surface area contributed by atoms with Crippen LogP contribution in [0.1, 0.15) is 12.5 Å². The first-order chi connectivity index (χ1) is 16.5. The largest absolute Gasteiger partial charge is 0.493 e. The number of ether oxygens (including phenoxy) is 1. The van der Waals surface area contributed by atoms with Crippen molar-refractivity contribution in [2.75, 3.05) is 38.2 Å². The molecule has 0 aliphatic carbocycles. The zero-order valence-corrected chi connectivity index (χ0v) is 19.3. The van der Waals surface area contributed by atoms with Crippen molar-refractivity contribution in [2.45, 2.75) is 6.92 Å². The van der Waals surface area contributed by atoms with Crippen LogP contribution in [0.3, 0.4) is 0 Å². The topological polar surface area (TPSA) is 105 Å². The molecule has 0 radical (unpaired) electrons. The molecule has 4 aromatic rings. The Morgan fingerprint density at radius 3 is 2.47 bits per heavy atom. The van der Waals surface area contributed by atoms with Gasteiger partial charge in [-0.05, 0) is 12.1 Å². The van der Waals surface area contributed by atoms with E-state index in [9.17, 15) is 10.1 Å². The molecule has 0 atom stereocenters. The highest BCUT2D eigenvalue weighted by Gasteiger charge is 2.23. The molecule has 0 unspecified atom stereocenters. The first-order valence-corrected chi connectivity index (χ1v) is 10.9. The number of amides is 1. The maximum Gasteiger partial charge on any atom is 0.219 e. The number of rotatable bonds is 4. The van der Waals surface area contributed by atoms with Gasteiger partial charge in [0.05, 0.1) is 30.6 Å². The molecule has 4 aromatic heterocycles. The third-order valence-electron chi connectivity index (χ3n) is 6.16. The fourth-order valence-corrected chi connectivity index (χ4v) is 4.36. The van der Waals surface area contributed by atoms with E-state index in [1.54, 1.807) is 41.8 Å². The van der Waals surface area contributed by atoms with E-state index in [0.29, 0.717) is 43.0 Å². The fraction of sp³-hybridized carbons (Fsp3) is 0.292. The van der Waals surface area contributed by atoms with Gasteiger partial charge in [0.15, 0.2) is 11.6 Å². The standard InChI is InChI=1S/C24H24N8O2/c1-16(33)30-4-6-31(7-5-30)24-22(34-3)9-17(11-26-24)21-8-18(20-13-27-29(2)14-20)15-32-23(21)19(10-25)12-28-32/h8-9,11-15H,4-7H2,1-3H3. The summed E-state index contributed by atoms with van der Waals surface area (Å²) in [5.41, 5.74) is 4.70. The third kappa shape index (κ3) is 3.71. The number of hydrogen-bond acceptors (Lipinski definition) is 7. The molecule has 0 N–H and O–H groups in total. The predicted molar refractivity (Wildman–Crippen MR) is 126 cm³/mol. The molecule has 1 fully saturated rings. The molecule has 1 aliphatic heterocycles. The minimum absolute atomic E-state index is 0.0848. The van der Waals surface area contributed by atoms with Crippen LogP contribution in [0.2, 0.25) is 0 Å². The molecule has 5 heterocycles. The highest BCUT2D eigenvalue weighted by Crippen LogP contribution is 2.36. The smallest absolute Gasteiger partial charge is 0.219 e. The summed E-state index contributed by atoms with van der Waals surface area (Å²) >= 11 is 0. The second kappa shape index (κ2) is 8.51. The summed E-state index contributed by atoms with van der Waals surface area (Å²) in [5, 5.41) is 18.3. The van der Waals surface area contributed by atoms with Crippen LogP contribution in [-0.2, 0) is 11.8 Å². The third-order valence-corrected chi connectivity index (χ3v) is 6.16. The number of aryl methyl sites for hydroxylation is 1. The number of methoxy groups -OCH3 is 1. The van der Waals surface area contributed by atoms with Crippen LogP contribution in [0.4, 0.5) is 5.82 Å². The Labute approximate surface area is 196 Å². The summed E-state index contributed by atoms with van der Waals surface area (Å²) in [6.45, 7) is 4.26. The van der Waals surface area contributed by atoms with E-state index >= 15 is 0 Å². The summed E-state index contributed by atoms with van der Waals surface area (Å²) < 4.78 is 9.18. The number of pyridine rings is 2. The minimum Gasteiger partial charge on any atom is -0.493 e. The van der Waals surface area contributed by atoms with E-state index in [4.69, 9.17) is 9.72 Å². The number of piperazine rings is 1. The molecule has 1 aliphatic rings. The average Bonchev–Trinajstić information content (AvgIpc) is 3.49. The summed E-state index contributed by atoms with van der Waals surface area (Å²) in [7, 11) is 3.49. The van der Waals surface area contributed by atoms with Crippen molar-refractivity contribution in [2.24, 2.45) is 7.05 Å². The summed E-state index contributed by atoms with van der Waals surface area (Å²) in [4.78, 5) is 20.4. The van der Waals surface area contributed by atoms with E-state index in [1.807, 2.05) is 36.5 Å². The average molecular weight is 457 g/mol. The second-order valence-electron chi connectivity index (χ2n) is 8.25. The number of fused-ring (bicyclic) bond motifs is 1. The number of carbonyl (C=O) groups is 1. The van der Waals surface area contributed by atoms with E-state index in [2.05, 4.69) is 21.2 Å². The van der Waals surface area contributed by atoms with Crippen LogP contribution < -0.4 is 9.64 Å². The number of aromatic nitrogens is 5. The normalized spacial score (nSPS) is 13.8. The van der Waals surface area contributed by atoms with Crippen LogP contribution in [0.25, 0.3) is 27.8 Å². The molecule has 1 amide bonds. The van der Waals surface area contributed by atoms with Crippen LogP contribution in [0.5, 0.6) is 5.75 Å². The molecule has 0 spiro atoms. The lowest BCUT2D eigenvalue weighted by Crippen LogP contribution is -2.48. The van der Waals surface area contributed by atoms with Crippen molar-refractivity contribution in [3.63, 3.8) is 0 Å². The molecular weight excluding hydrogens is 432 g/mol. The van der Waals surface area contributed by atoms with Gasteiger partial charge in [-0.1, -0.05) is 0 Å². The van der Waals surface area contributed by atoms with E-state index < -0.39 is 0 Å². The zero-order valence-electron chi connectivity index (χ0n) is 19.3. The van der Waals surface area contributed by atoms with Gasteiger partial charge >= 0.3 is 0 Å². The van der Waals surface area contributed by atoms with Crippen molar-refractivity contribution in [3.05, 3.63) is 48.7 Å². The van der Waals surface area contributed by atoms with Crippen molar-refractivity contribution < 1.29 is 9.53 Å². The summed E-state index contributed by atoms with van der Waals surface area (Å²) in [6, 6.07) is 6.20. The highest BCUT2D eigenvalue weighted by molar-refractivity contribution is 5.88. The fourth-order valence-electron chi connectivity index (χ4n) is 4.36. The van der Waals surface area contributed by atoms with Crippen LogP contribution >= 0.6 is 0 Å². The van der Waals surface area contributed by atoms with Gasteiger partial charge in [-0.3, -0.25) is 9.48 Å². The first kappa shape index (κ1) is 21.5. The van der Waals surface area contributed by atoms with Gasteiger partial charge < -0.3 is 14.5 Å². The Morgan fingerprint density at radius 2 is 1.82 bits per heavy atom. The number of carbonyl (C=O) groups excluding carboxylic acids is 1. The van der Waals surface area contributed by atoms with Crippen molar-refractivity contribution in [1.29, 1.82) is 5.26 Å². The number of nitriles is 1. The molecule has 0 aromatic carbocycles. The minimum atomic E-state index is 0.0848.